The molecule has 0 bridgehead atoms. The molecule has 0 aliphatic carbocycles. The summed E-state index contributed by atoms with van der Waals surface area (Å²) in [5.74, 6) is 0. The highest BCUT2D eigenvalue weighted by molar-refractivity contribution is 7.11. The number of hydrogen-bond donors (Lipinski definition) is 1. The second-order valence-electron chi connectivity index (χ2n) is 4.38. The van der Waals surface area contributed by atoms with Crippen molar-refractivity contribution < 1.29 is 0 Å². The molecule has 1 N–H and O–H groups in total. The smallest absolute Gasteiger partial charge is 0.0900 e. The minimum atomic E-state index is 0.185. The van der Waals surface area contributed by atoms with Crippen LogP contribution in [0.5, 0.6) is 0 Å². The van der Waals surface area contributed by atoms with Crippen molar-refractivity contribution in [3.05, 3.63) is 33.5 Å². The maximum absolute atomic E-state index is 4.51. The summed E-state index contributed by atoms with van der Waals surface area (Å²) in [7, 11) is 1.99. The molecule has 0 aliphatic heterocycles. The molecule has 0 aromatic carbocycles. The molecule has 18 heavy (non-hydrogen) atoms. The quantitative estimate of drug-likeness (QED) is 0.903. The molecule has 1 atom stereocenters. The van der Waals surface area contributed by atoms with E-state index in [2.05, 4.69) is 46.9 Å². The van der Waals surface area contributed by atoms with Gasteiger partial charge in [-0.15, -0.1) is 11.3 Å². The highest BCUT2D eigenvalue weighted by Gasteiger charge is 2.21. The Hall–Kier alpha value is -1.20. The lowest BCUT2D eigenvalue weighted by atomic mass is 10.1. The van der Waals surface area contributed by atoms with Gasteiger partial charge in [0.2, 0.25) is 0 Å². The highest BCUT2D eigenvalue weighted by atomic mass is 32.1. The highest BCUT2D eigenvalue weighted by Crippen LogP contribution is 2.29. The topological polar surface area (TPSA) is 42.7 Å². The molecule has 2 rings (SSSR count). The van der Waals surface area contributed by atoms with E-state index in [-0.39, 0.29) is 6.04 Å². The zero-order valence-corrected chi connectivity index (χ0v) is 12.2. The number of nitrogens with one attached hydrogen (secondary N) is 1. The zero-order valence-electron chi connectivity index (χ0n) is 11.4. The number of thiazole rings is 1. The Kier molecular flexibility index (Phi) is 4.14. The normalized spacial score (nSPS) is 12.9. The third-order valence-corrected chi connectivity index (χ3v) is 4.11. The van der Waals surface area contributed by atoms with E-state index < -0.39 is 0 Å². The predicted molar refractivity (Wildman–Crippen MR) is 75.0 cm³/mol. The van der Waals surface area contributed by atoms with Crippen molar-refractivity contribution in [1.29, 1.82) is 0 Å². The molecule has 0 spiro atoms. The lowest BCUT2D eigenvalue weighted by Crippen LogP contribution is -2.21. The molecule has 0 amide bonds. The van der Waals surface area contributed by atoms with Gasteiger partial charge in [-0.2, -0.15) is 5.10 Å². The summed E-state index contributed by atoms with van der Waals surface area (Å²) < 4.78 is 2.08. The van der Waals surface area contributed by atoms with Crippen LogP contribution in [0.2, 0.25) is 0 Å². The first kappa shape index (κ1) is 13.2. The van der Waals surface area contributed by atoms with Crippen molar-refractivity contribution in [1.82, 2.24) is 20.1 Å². The molecule has 2 aromatic rings. The maximum atomic E-state index is 4.51. The van der Waals surface area contributed by atoms with Crippen LogP contribution in [0.1, 0.15) is 40.7 Å². The first-order valence-electron chi connectivity index (χ1n) is 6.30. The van der Waals surface area contributed by atoms with E-state index in [9.17, 15) is 0 Å². The van der Waals surface area contributed by atoms with Crippen molar-refractivity contribution in [2.45, 2.75) is 39.8 Å². The monoisotopic (exact) mass is 264 g/mol. The Bertz CT molecular complexity index is 515. The molecule has 98 valence electrons. The number of rotatable bonds is 5. The minimum Gasteiger partial charge on any atom is -0.307 e. The standard InChI is InChI=1S/C13H20N4S/c1-5-8-17-11(6-7-15-17)12(14-4)13-9(2)16-10(3)18-13/h6-7,12,14H,5,8H2,1-4H3. The van der Waals surface area contributed by atoms with Crippen LogP contribution in [-0.2, 0) is 6.54 Å². The molecule has 0 saturated carbocycles. The van der Waals surface area contributed by atoms with Crippen LogP contribution in [0.3, 0.4) is 0 Å². The molecule has 0 radical (unpaired) electrons. The van der Waals surface area contributed by atoms with Gasteiger partial charge in [0.1, 0.15) is 0 Å². The van der Waals surface area contributed by atoms with Crippen molar-refractivity contribution in [2.75, 3.05) is 7.05 Å². The van der Waals surface area contributed by atoms with Crippen molar-refractivity contribution >= 4 is 11.3 Å². The molecule has 5 heteroatoms. The van der Waals surface area contributed by atoms with Crippen LogP contribution >= 0.6 is 11.3 Å². The minimum absolute atomic E-state index is 0.185. The average Bonchev–Trinajstić information content (AvgIpc) is 2.89. The summed E-state index contributed by atoms with van der Waals surface area (Å²) in [5.41, 5.74) is 2.33. The largest absolute Gasteiger partial charge is 0.307 e. The van der Waals surface area contributed by atoms with Gasteiger partial charge in [-0.1, -0.05) is 6.92 Å². The first-order valence-corrected chi connectivity index (χ1v) is 7.12. The Morgan fingerprint density at radius 1 is 1.44 bits per heavy atom. The number of aryl methyl sites for hydroxylation is 3. The molecule has 2 aromatic heterocycles. The van der Waals surface area contributed by atoms with E-state index in [0.29, 0.717) is 0 Å². The third-order valence-electron chi connectivity index (χ3n) is 2.97. The Morgan fingerprint density at radius 3 is 2.78 bits per heavy atom. The zero-order chi connectivity index (χ0) is 13.1. The van der Waals surface area contributed by atoms with Crippen LogP contribution in [0.15, 0.2) is 12.3 Å². The van der Waals surface area contributed by atoms with Crippen molar-refractivity contribution in [3.8, 4) is 0 Å². The Labute approximate surface area is 112 Å². The molecule has 4 nitrogen and oxygen atoms in total. The van der Waals surface area contributed by atoms with E-state index in [4.69, 9.17) is 0 Å². The average molecular weight is 264 g/mol. The lowest BCUT2D eigenvalue weighted by Gasteiger charge is -2.17. The number of hydrogen-bond acceptors (Lipinski definition) is 4. The van der Waals surface area contributed by atoms with Crippen LogP contribution < -0.4 is 5.32 Å². The summed E-state index contributed by atoms with van der Waals surface area (Å²) >= 11 is 1.76. The van der Waals surface area contributed by atoms with Gasteiger partial charge in [0.25, 0.3) is 0 Å². The van der Waals surface area contributed by atoms with Crippen molar-refractivity contribution in [3.63, 3.8) is 0 Å². The summed E-state index contributed by atoms with van der Waals surface area (Å²) in [6.07, 6.45) is 2.96. The van der Waals surface area contributed by atoms with Gasteiger partial charge in [0.05, 0.1) is 27.3 Å². The predicted octanol–water partition coefficient (Wildman–Crippen LogP) is 2.68. The molecular weight excluding hydrogens is 244 g/mol. The second-order valence-corrected chi connectivity index (χ2v) is 5.62. The van der Waals surface area contributed by atoms with Crippen LogP contribution in [0.25, 0.3) is 0 Å². The van der Waals surface area contributed by atoms with Gasteiger partial charge >= 0.3 is 0 Å². The lowest BCUT2D eigenvalue weighted by molar-refractivity contribution is 0.536. The number of nitrogens with zero attached hydrogens (tertiary/aromatic N) is 3. The molecule has 2 heterocycles. The molecule has 0 fully saturated rings. The maximum Gasteiger partial charge on any atom is 0.0900 e. The fourth-order valence-corrected chi connectivity index (χ4v) is 3.27. The summed E-state index contributed by atoms with van der Waals surface area (Å²) in [6.45, 7) is 7.25. The van der Waals surface area contributed by atoms with E-state index >= 15 is 0 Å². The first-order chi connectivity index (χ1) is 8.67. The van der Waals surface area contributed by atoms with Gasteiger partial charge in [0, 0.05) is 12.7 Å². The van der Waals surface area contributed by atoms with Gasteiger partial charge in [-0.25, -0.2) is 4.98 Å². The Balaban J connectivity index is 2.39. The second kappa shape index (κ2) is 5.63. The summed E-state index contributed by atoms with van der Waals surface area (Å²) in [4.78, 5) is 5.80. The molecule has 0 aliphatic rings. The molecular formula is C13H20N4S. The van der Waals surface area contributed by atoms with E-state index in [0.717, 1.165) is 23.7 Å². The van der Waals surface area contributed by atoms with Crippen LogP contribution in [-0.4, -0.2) is 21.8 Å². The van der Waals surface area contributed by atoms with E-state index in [1.165, 1.54) is 10.6 Å². The van der Waals surface area contributed by atoms with Gasteiger partial charge < -0.3 is 5.32 Å². The third kappa shape index (κ3) is 2.47. The van der Waals surface area contributed by atoms with Gasteiger partial charge in [0.15, 0.2) is 0 Å². The summed E-state index contributed by atoms with van der Waals surface area (Å²) in [5, 5.41) is 8.90. The van der Waals surface area contributed by atoms with Crippen molar-refractivity contribution in [2.24, 2.45) is 0 Å². The van der Waals surface area contributed by atoms with Gasteiger partial charge in [-0.3, -0.25) is 4.68 Å². The summed E-state index contributed by atoms with van der Waals surface area (Å²) in [6, 6.07) is 2.27. The molecule has 1 unspecified atom stereocenters. The fraction of sp³-hybridized carbons (Fsp3) is 0.538. The van der Waals surface area contributed by atoms with Gasteiger partial charge in [-0.05, 0) is 33.4 Å². The fourth-order valence-electron chi connectivity index (χ4n) is 2.21. The molecule has 0 saturated heterocycles. The SMILES string of the molecule is CCCn1nccc1C(NC)c1sc(C)nc1C. The number of aromatic nitrogens is 3. The van der Waals surface area contributed by atoms with Crippen LogP contribution in [0.4, 0.5) is 0 Å². The van der Waals surface area contributed by atoms with E-state index in [1.54, 1.807) is 11.3 Å². The van der Waals surface area contributed by atoms with E-state index in [1.807, 2.05) is 13.2 Å². The van der Waals surface area contributed by atoms with Crippen LogP contribution in [0, 0.1) is 13.8 Å². The Morgan fingerprint density at radius 2 is 2.22 bits per heavy atom.